The second-order valence-corrected chi connectivity index (χ2v) is 7.68. The molecule has 2 aromatic rings. The molecule has 0 aliphatic carbocycles. The molecule has 0 radical (unpaired) electrons. The molecule has 3 rings (SSSR count). The maximum atomic E-state index is 2.49. The van der Waals surface area contributed by atoms with Crippen molar-refractivity contribution in [2.45, 2.75) is 19.8 Å². The average molecular weight is 504 g/mol. The molecule has 0 N–H and O–H groups in total. The van der Waals surface area contributed by atoms with Gasteiger partial charge < -0.3 is 9.80 Å². The third-order valence-corrected chi connectivity index (χ3v) is 5.39. The Morgan fingerprint density at radius 2 is 1.76 bits per heavy atom. The fourth-order valence-electron chi connectivity index (χ4n) is 2.72. The molecule has 0 fully saturated rings. The van der Waals surface area contributed by atoms with Crippen molar-refractivity contribution in [3.63, 3.8) is 0 Å². The van der Waals surface area contributed by atoms with E-state index < -0.39 is 0 Å². The standard InChI is InChI=1S/C17H18I2N2/c1-2-3-10-20-12-21(16-7-5-4-6-15(16)20)17-11-13(18)8-9-14(17)19/h4-9,11H,2-3,10,12H2,1H3. The molecule has 1 heterocycles. The van der Waals surface area contributed by atoms with Crippen LogP contribution in [0.3, 0.4) is 0 Å². The molecule has 0 atom stereocenters. The summed E-state index contributed by atoms with van der Waals surface area (Å²) in [7, 11) is 0. The summed E-state index contributed by atoms with van der Waals surface area (Å²) < 4.78 is 2.59. The van der Waals surface area contributed by atoms with Gasteiger partial charge in [-0.2, -0.15) is 0 Å². The number of fused-ring (bicyclic) bond motifs is 1. The first-order chi connectivity index (χ1) is 10.2. The minimum absolute atomic E-state index is 0.954. The van der Waals surface area contributed by atoms with Crippen molar-refractivity contribution < 1.29 is 0 Å². The van der Waals surface area contributed by atoms with E-state index >= 15 is 0 Å². The van der Waals surface area contributed by atoms with E-state index in [0.29, 0.717) is 0 Å². The Morgan fingerprint density at radius 3 is 2.52 bits per heavy atom. The summed E-state index contributed by atoms with van der Waals surface area (Å²) in [5.74, 6) is 0. The summed E-state index contributed by atoms with van der Waals surface area (Å²) in [4.78, 5) is 4.93. The Morgan fingerprint density at radius 1 is 1.00 bits per heavy atom. The molecule has 0 saturated carbocycles. The molecule has 0 amide bonds. The largest absolute Gasteiger partial charge is 0.352 e. The van der Waals surface area contributed by atoms with Gasteiger partial charge in [0, 0.05) is 13.7 Å². The van der Waals surface area contributed by atoms with Crippen molar-refractivity contribution in [2.24, 2.45) is 0 Å². The van der Waals surface area contributed by atoms with Crippen LogP contribution >= 0.6 is 45.2 Å². The van der Waals surface area contributed by atoms with Crippen molar-refractivity contribution in [1.82, 2.24) is 0 Å². The van der Waals surface area contributed by atoms with E-state index in [0.717, 1.165) is 13.2 Å². The summed E-state index contributed by atoms with van der Waals surface area (Å²) in [6.07, 6.45) is 2.48. The highest BCUT2D eigenvalue weighted by molar-refractivity contribution is 14.1. The lowest BCUT2D eigenvalue weighted by molar-refractivity contribution is 0.735. The van der Waals surface area contributed by atoms with Gasteiger partial charge in [-0.25, -0.2) is 0 Å². The zero-order valence-corrected chi connectivity index (χ0v) is 16.3. The lowest BCUT2D eigenvalue weighted by Gasteiger charge is -2.23. The second kappa shape index (κ2) is 6.73. The lowest BCUT2D eigenvalue weighted by Crippen LogP contribution is -2.29. The molecule has 4 heteroatoms. The highest BCUT2D eigenvalue weighted by Crippen LogP contribution is 2.42. The third kappa shape index (κ3) is 3.16. The highest BCUT2D eigenvalue weighted by Gasteiger charge is 2.27. The molecule has 2 nitrogen and oxygen atoms in total. The number of halogens is 2. The van der Waals surface area contributed by atoms with Crippen LogP contribution < -0.4 is 9.80 Å². The Bertz CT molecular complexity index is 642. The summed E-state index contributed by atoms with van der Waals surface area (Å²) in [5.41, 5.74) is 4.00. The van der Waals surface area contributed by atoms with E-state index in [2.05, 4.69) is 104 Å². The fourth-order valence-corrected chi connectivity index (χ4v) is 3.82. The number of benzene rings is 2. The van der Waals surface area contributed by atoms with Gasteiger partial charge in [0.15, 0.2) is 0 Å². The highest BCUT2D eigenvalue weighted by atomic mass is 127. The van der Waals surface area contributed by atoms with E-state index in [1.165, 1.54) is 37.0 Å². The van der Waals surface area contributed by atoms with Crippen LogP contribution in [0.25, 0.3) is 0 Å². The van der Waals surface area contributed by atoms with Crippen LogP contribution in [0.5, 0.6) is 0 Å². The van der Waals surface area contributed by atoms with Crippen molar-refractivity contribution in [1.29, 1.82) is 0 Å². The van der Waals surface area contributed by atoms with Crippen LogP contribution in [-0.4, -0.2) is 13.2 Å². The molecule has 21 heavy (non-hydrogen) atoms. The predicted octanol–water partition coefficient (Wildman–Crippen LogP) is 5.61. The molecule has 0 aromatic heterocycles. The summed E-state index contributed by atoms with van der Waals surface area (Å²) in [6.45, 7) is 4.34. The quantitative estimate of drug-likeness (QED) is 0.500. The van der Waals surface area contributed by atoms with Crippen molar-refractivity contribution >= 4 is 62.2 Å². The van der Waals surface area contributed by atoms with Gasteiger partial charge in [0.1, 0.15) is 0 Å². The summed E-state index contributed by atoms with van der Waals surface area (Å²) >= 11 is 4.83. The van der Waals surface area contributed by atoms with E-state index in [4.69, 9.17) is 0 Å². The van der Waals surface area contributed by atoms with Crippen LogP contribution in [0.1, 0.15) is 19.8 Å². The van der Waals surface area contributed by atoms with E-state index in [-0.39, 0.29) is 0 Å². The van der Waals surface area contributed by atoms with Crippen LogP contribution in [0.2, 0.25) is 0 Å². The number of nitrogens with zero attached hydrogens (tertiary/aromatic N) is 2. The topological polar surface area (TPSA) is 6.48 Å². The van der Waals surface area contributed by atoms with E-state index in [9.17, 15) is 0 Å². The van der Waals surface area contributed by atoms with Crippen LogP contribution in [0.15, 0.2) is 42.5 Å². The number of hydrogen-bond acceptors (Lipinski definition) is 2. The zero-order chi connectivity index (χ0) is 14.8. The monoisotopic (exact) mass is 504 g/mol. The maximum Gasteiger partial charge on any atom is 0.0953 e. The normalized spacial score (nSPS) is 13.7. The maximum absolute atomic E-state index is 2.49. The van der Waals surface area contributed by atoms with Crippen molar-refractivity contribution in [3.8, 4) is 0 Å². The number of hydrogen-bond donors (Lipinski definition) is 0. The van der Waals surface area contributed by atoms with E-state index in [1.54, 1.807) is 0 Å². The van der Waals surface area contributed by atoms with Gasteiger partial charge in [-0.1, -0.05) is 25.5 Å². The molecule has 0 saturated heterocycles. The Hall–Kier alpha value is -0.500. The summed E-state index contributed by atoms with van der Waals surface area (Å²) in [6, 6.07) is 15.4. The van der Waals surface area contributed by atoms with Gasteiger partial charge in [-0.05, 0) is 81.9 Å². The number of unbranched alkanes of at least 4 members (excludes halogenated alkanes) is 1. The zero-order valence-electron chi connectivity index (χ0n) is 12.0. The molecule has 0 unspecified atom stereocenters. The molecule has 0 spiro atoms. The summed E-state index contributed by atoms with van der Waals surface area (Å²) in [5, 5.41) is 0. The molecular formula is C17H18I2N2. The first-order valence-corrected chi connectivity index (χ1v) is 9.43. The minimum Gasteiger partial charge on any atom is -0.352 e. The van der Waals surface area contributed by atoms with E-state index in [1.807, 2.05) is 0 Å². The molecule has 2 aromatic carbocycles. The van der Waals surface area contributed by atoms with Crippen molar-refractivity contribution in [2.75, 3.05) is 23.0 Å². The number of rotatable bonds is 4. The minimum atomic E-state index is 0.954. The second-order valence-electron chi connectivity index (χ2n) is 5.27. The number of anilines is 3. The first-order valence-electron chi connectivity index (χ1n) is 7.27. The van der Waals surface area contributed by atoms with Gasteiger partial charge in [-0.15, -0.1) is 0 Å². The SMILES string of the molecule is CCCCN1CN(c2cc(I)ccc2I)c2ccccc21. The molecule has 1 aliphatic heterocycles. The molecule has 0 bridgehead atoms. The molecule has 110 valence electrons. The fraction of sp³-hybridized carbons (Fsp3) is 0.294. The average Bonchev–Trinajstić information content (AvgIpc) is 2.86. The first kappa shape index (κ1) is 15.4. The third-order valence-electron chi connectivity index (χ3n) is 3.81. The lowest BCUT2D eigenvalue weighted by atomic mass is 10.2. The van der Waals surface area contributed by atoms with Crippen molar-refractivity contribution in [3.05, 3.63) is 49.6 Å². The Labute approximate surface area is 153 Å². The van der Waals surface area contributed by atoms with Crippen LogP contribution in [-0.2, 0) is 0 Å². The van der Waals surface area contributed by atoms with Crippen LogP contribution in [0, 0.1) is 7.14 Å². The Kier molecular flexibility index (Phi) is 4.93. The van der Waals surface area contributed by atoms with Gasteiger partial charge >= 0.3 is 0 Å². The van der Waals surface area contributed by atoms with Gasteiger partial charge in [0.25, 0.3) is 0 Å². The van der Waals surface area contributed by atoms with Gasteiger partial charge in [-0.3, -0.25) is 0 Å². The predicted molar refractivity (Wildman–Crippen MR) is 108 cm³/mol. The molecular weight excluding hydrogens is 486 g/mol. The number of para-hydroxylation sites is 2. The van der Waals surface area contributed by atoms with Crippen LogP contribution in [0.4, 0.5) is 17.1 Å². The molecule has 1 aliphatic rings. The smallest absolute Gasteiger partial charge is 0.0953 e. The van der Waals surface area contributed by atoms with Gasteiger partial charge in [0.05, 0.1) is 23.7 Å². The Balaban J connectivity index is 1.99. The van der Waals surface area contributed by atoms with Gasteiger partial charge in [0.2, 0.25) is 0 Å².